The Morgan fingerprint density at radius 1 is 1.05 bits per heavy atom. The van der Waals surface area contributed by atoms with Gasteiger partial charge in [0.25, 0.3) is 0 Å². The molecule has 0 atom stereocenters. The van der Waals surface area contributed by atoms with Gasteiger partial charge in [-0.05, 0) is 34.9 Å². The van der Waals surface area contributed by atoms with Crippen molar-refractivity contribution in [3.05, 3.63) is 57.8 Å². The van der Waals surface area contributed by atoms with E-state index in [4.69, 9.17) is 0 Å². The van der Waals surface area contributed by atoms with Crippen LogP contribution in [0, 0.1) is 6.92 Å². The molecule has 0 fully saturated rings. The highest BCUT2D eigenvalue weighted by atomic mass is 32.1. The Labute approximate surface area is 118 Å². The fourth-order valence-corrected chi connectivity index (χ4v) is 2.36. The van der Waals surface area contributed by atoms with Gasteiger partial charge in [0.15, 0.2) is 5.96 Å². The van der Waals surface area contributed by atoms with Crippen LogP contribution in [0.15, 0.2) is 46.1 Å². The van der Waals surface area contributed by atoms with Gasteiger partial charge in [0, 0.05) is 20.1 Å². The summed E-state index contributed by atoms with van der Waals surface area (Å²) in [5.41, 5.74) is 3.82. The first-order valence-corrected chi connectivity index (χ1v) is 7.23. The van der Waals surface area contributed by atoms with E-state index < -0.39 is 0 Å². The summed E-state index contributed by atoms with van der Waals surface area (Å²) in [7, 11) is 1.79. The van der Waals surface area contributed by atoms with Crippen molar-refractivity contribution in [3.8, 4) is 0 Å². The van der Waals surface area contributed by atoms with Crippen LogP contribution in [0.2, 0.25) is 0 Å². The lowest BCUT2D eigenvalue weighted by Crippen LogP contribution is -2.36. The fraction of sp³-hybridized carbons (Fsp3) is 0.267. The second-order valence-corrected chi connectivity index (χ2v) is 5.18. The lowest BCUT2D eigenvalue weighted by atomic mass is 10.1. The number of hydrogen-bond acceptors (Lipinski definition) is 2. The predicted octanol–water partition coefficient (Wildman–Crippen LogP) is 2.92. The van der Waals surface area contributed by atoms with E-state index in [-0.39, 0.29) is 0 Å². The van der Waals surface area contributed by atoms with Gasteiger partial charge in [-0.1, -0.05) is 29.8 Å². The molecule has 19 heavy (non-hydrogen) atoms. The molecule has 0 aliphatic carbocycles. The Balaban J connectivity index is 1.81. The highest BCUT2D eigenvalue weighted by Gasteiger charge is 1.99. The molecule has 2 N–H and O–H groups in total. The van der Waals surface area contributed by atoms with Crippen LogP contribution in [-0.2, 0) is 13.1 Å². The first-order chi connectivity index (χ1) is 9.28. The standard InChI is InChI=1S/C15H19N3S/c1-12-3-5-13(6-4-12)9-17-15(16-2)18-10-14-7-8-19-11-14/h3-8,11H,9-10H2,1-2H3,(H2,16,17,18). The fourth-order valence-electron chi connectivity index (χ4n) is 1.69. The molecule has 1 aromatic heterocycles. The van der Waals surface area contributed by atoms with Gasteiger partial charge >= 0.3 is 0 Å². The summed E-state index contributed by atoms with van der Waals surface area (Å²) < 4.78 is 0. The molecule has 3 nitrogen and oxygen atoms in total. The Hall–Kier alpha value is -1.81. The van der Waals surface area contributed by atoms with Gasteiger partial charge in [-0.3, -0.25) is 4.99 Å². The molecule has 0 saturated carbocycles. The number of rotatable bonds is 4. The highest BCUT2D eigenvalue weighted by molar-refractivity contribution is 7.07. The van der Waals surface area contributed by atoms with E-state index in [0.717, 1.165) is 19.0 Å². The average molecular weight is 273 g/mol. The minimum atomic E-state index is 0.781. The Kier molecular flexibility index (Phi) is 4.98. The Morgan fingerprint density at radius 2 is 1.74 bits per heavy atom. The zero-order valence-corrected chi connectivity index (χ0v) is 12.1. The topological polar surface area (TPSA) is 36.4 Å². The summed E-state index contributed by atoms with van der Waals surface area (Å²) in [6.45, 7) is 3.68. The van der Waals surface area contributed by atoms with Crippen LogP contribution in [-0.4, -0.2) is 13.0 Å². The molecule has 0 spiro atoms. The van der Waals surface area contributed by atoms with Crippen molar-refractivity contribution in [3.63, 3.8) is 0 Å². The van der Waals surface area contributed by atoms with Gasteiger partial charge < -0.3 is 10.6 Å². The Morgan fingerprint density at radius 3 is 2.32 bits per heavy atom. The van der Waals surface area contributed by atoms with E-state index in [2.05, 4.69) is 63.6 Å². The van der Waals surface area contributed by atoms with Crippen molar-refractivity contribution in [2.75, 3.05) is 7.05 Å². The number of nitrogens with one attached hydrogen (secondary N) is 2. The smallest absolute Gasteiger partial charge is 0.191 e. The van der Waals surface area contributed by atoms with Crippen LogP contribution in [0.1, 0.15) is 16.7 Å². The summed E-state index contributed by atoms with van der Waals surface area (Å²) in [6.07, 6.45) is 0. The number of guanidine groups is 1. The third kappa shape index (κ3) is 4.41. The van der Waals surface area contributed by atoms with Crippen LogP contribution in [0.5, 0.6) is 0 Å². The minimum absolute atomic E-state index is 0.781. The number of thiophene rings is 1. The van der Waals surface area contributed by atoms with Crippen LogP contribution < -0.4 is 10.6 Å². The zero-order chi connectivity index (χ0) is 13.5. The van der Waals surface area contributed by atoms with Crippen molar-refractivity contribution < 1.29 is 0 Å². The van der Waals surface area contributed by atoms with E-state index in [1.807, 2.05) is 0 Å². The van der Waals surface area contributed by atoms with Crippen molar-refractivity contribution in [2.24, 2.45) is 4.99 Å². The van der Waals surface area contributed by atoms with E-state index >= 15 is 0 Å². The van der Waals surface area contributed by atoms with E-state index in [0.29, 0.717) is 0 Å². The van der Waals surface area contributed by atoms with Gasteiger partial charge in [-0.2, -0.15) is 11.3 Å². The maximum atomic E-state index is 4.22. The van der Waals surface area contributed by atoms with E-state index in [1.165, 1.54) is 16.7 Å². The SMILES string of the molecule is CN=C(NCc1ccc(C)cc1)NCc1ccsc1. The third-order valence-corrected chi connectivity index (χ3v) is 3.58. The molecule has 1 heterocycles. The van der Waals surface area contributed by atoms with Gasteiger partial charge in [0.05, 0.1) is 0 Å². The van der Waals surface area contributed by atoms with Crippen LogP contribution >= 0.6 is 11.3 Å². The molecular weight excluding hydrogens is 254 g/mol. The minimum Gasteiger partial charge on any atom is -0.352 e. The van der Waals surface area contributed by atoms with E-state index in [9.17, 15) is 0 Å². The van der Waals surface area contributed by atoms with E-state index in [1.54, 1.807) is 18.4 Å². The third-order valence-electron chi connectivity index (χ3n) is 2.84. The number of aliphatic imine (C=N–C) groups is 1. The molecule has 0 aliphatic heterocycles. The van der Waals surface area contributed by atoms with Crippen LogP contribution in [0.4, 0.5) is 0 Å². The molecule has 4 heteroatoms. The van der Waals surface area contributed by atoms with Gasteiger partial charge in [0.2, 0.25) is 0 Å². The molecule has 0 saturated heterocycles. The predicted molar refractivity (Wildman–Crippen MR) is 82.5 cm³/mol. The largest absolute Gasteiger partial charge is 0.352 e. The van der Waals surface area contributed by atoms with Crippen molar-refractivity contribution >= 4 is 17.3 Å². The van der Waals surface area contributed by atoms with Gasteiger partial charge in [-0.25, -0.2) is 0 Å². The molecular formula is C15H19N3S. The quantitative estimate of drug-likeness (QED) is 0.664. The second kappa shape index (κ2) is 6.95. The highest BCUT2D eigenvalue weighted by Crippen LogP contribution is 2.05. The monoisotopic (exact) mass is 273 g/mol. The molecule has 0 bridgehead atoms. The zero-order valence-electron chi connectivity index (χ0n) is 11.3. The van der Waals surface area contributed by atoms with Crippen LogP contribution in [0.3, 0.4) is 0 Å². The van der Waals surface area contributed by atoms with Gasteiger partial charge in [-0.15, -0.1) is 0 Å². The lowest BCUT2D eigenvalue weighted by Gasteiger charge is -2.11. The number of nitrogens with zero attached hydrogens (tertiary/aromatic N) is 1. The number of benzene rings is 1. The Bertz CT molecular complexity index is 515. The summed E-state index contributed by atoms with van der Waals surface area (Å²) in [5, 5.41) is 10.8. The number of aryl methyl sites for hydroxylation is 1. The molecule has 1 aromatic carbocycles. The normalized spacial score (nSPS) is 11.4. The summed E-state index contributed by atoms with van der Waals surface area (Å²) >= 11 is 1.71. The first kappa shape index (κ1) is 13.6. The molecule has 0 aliphatic rings. The molecule has 0 amide bonds. The summed E-state index contributed by atoms with van der Waals surface area (Å²) in [6, 6.07) is 10.6. The average Bonchev–Trinajstić information content (AvgIpc) is 2.94. The second-order valence-electron chi connectivity index (χ2n) is 4.40. The summed E-state index contributed by atoms with van der Waals surface area (Å²) in [5.74, 6) is 0.826. The van der Waals surface area contributed by atoms with Crippen molar-refractivity contribution in [2.45, 2.75) is 20.0 Å². The number of hydrogen-bond donors (Lipinski definition) is 2. The molecule has 0 unspecified atom stereocenters. The molecule has 2 aromatic rings. The molecule has 0 radical (unpaired) electrons. The lowest BCUT2D eigenvalue weighted by molar-refractivity contribution is 0.810. The van der Waals surface area contributed by atoms with Crippen molar-refractivity contribution in [1.82, 2.24) is 10.6 Å². The molecule has 100 valence electrons. The maximum Gasteiger partial charge on any atom is 0.191 e. The van der Waals surface area contributed by atoms with Crippen molar-refractivity contribution in [1.29, 1.82) is 0 Å². The van der Waals surface area contributed by atoms with Gasteiger partial charge in [0.1, 0.15) is 0 Å². The van der Waals surface area contributed by atoms with Crippen LogP contribution in [0.25, 0.3) is 0 Å². The molecule has 2 rings (SSSR count). The summed E-state index contributed by atoms with van der Waals surface area (Å²) in [4.78, 5) is 4.22. The first-order valence-electron chi connectivity index (χ1n) is 6.29. The maximum absolute atomic E-state index is 4.22.